The van der Waals surface area contributed by atoms with Crippen LogP contribution in [0, 0.1) is 0 Å². The SMILES string of the molecule is CCc1ncc2cccc(Cl)n12. The first-order valence-electron chi connectivity index (χ1n) is 3.93. The van der Waals surface area contributed by atoms with Crippen LogP contribution in [0.2, 0.25) is 5.15 Å². The minimum absolute atomic E-state index is 0.724. The van der Waals surface area contributed by atoms with Crippen molar-refractivity contribution in [1.82, 2.24) is 9.38 Å². The second-order valence-corrected chi connectivity index (χ2v) is 3.02. The molecule has 0 saturated heterocycles. The zero-order valence-electron chi connectivity index (χ0n) is 6.79. The van der Waals surface area contributed by atoms with E-state index in [4.69, 9.17) is 11.6 Å². The number of aryl methyl sites for hydroxylation is 1. The van der Waals surface area contributed by atoms with Crippen LogP contribution in [-0.4, -0.2) is 9.38 Å². The molecule has 2 aromatic rings. The van der Waals surface area contributed by atoms with E-state index < -0.39 is 0 Å². The molecule has 0 radical (unpaired) electrons. The molecule has 2 rings (SSSR count). The molecule has 0 aliphatic carbocycles. The van der Waals surface area contributed by atoms with E-state index in [1.165, 1.54) is 0 Å². The summed E-state index contributed by atoms with van der Waals surface area (Å²) in [7, 11) is 0. The van der Waals surface area contributed by atoms with Crippen molar-refractivity contribution in [2.75, 3.05) is 0 Å². The van der Waals surface area contributed by atoms with Crippen molar-refractivity contribution < 1.29 is 0 Å². The largest absolute Gasteiger partial charge is 0.287 e. The molecule has 0 aliphatic rings. The molecule has 62 valence electrons. The Morgan fingerprint density at radius 2 is 2.33 bits per heavy atom. The molecule has 0 spiro atoms. The van der Waals surface area contributed by atoms with E-state index in [9.17, 15) is 0 Å². The van der Waals surface area contributed by atoms with Gasteiger partial charge in [0.05, 0.1) is 11.7 Å². The monoisotopic (exact) mass is 180 g/mol. The van der Waals surface area contributed by atoms with Crippen LogP contribution in [0.3, 0.4) is 0 Å². The van der Waals surface area contributed by atoms with Gasteiger partial charge in [0.25, 0.3) is 0 Å². The summed E-state index contributed by atoms with van der Waals surface area (Å²) in [5.74, 6) is 1.01. The number of nitrogens with zero attached hydrogens (tertiary/aromatic N) is 2. The van der Waals surface area contributed by atoms with Gasteiger partial charge in [0.2, 0.25) is 0 Å². The fraction of sp³-hybridized carbons (Fsp3) is 0.222. The highest BCUT2D eigenvalue weighted by Crippen LogP contribution is 2.15. The van der Waals surface area contributed by atoms with Crippen molar-refractivity contribution in [3.8, 4) is 0 Å². The number of fused-ring (bicyclic) bond motifs is 1. The number of halogens is 1. The van der Waals surface area contributed by atoms with E-state index in [0.717, 1.165) is 22.9 Å². The topological polar surface area (TPSA) is 17.3 Å². The van der Waals surface area contributed by atoms with Crippen LogP contribution < -0.4 is 0 Å². The molecular weight excluding hydrogens is 172 g/mol. The van der Waals surface area contributed by atoms with Crippen LogP contribution in [0.25, 0.3) is 5.52 Å². The van der Waals surface area contributed by atoms with Gasteiger partial charge in [-0.15, -0.1) is 0 Å². The summed E-state index contributed by atoms with van der Waals surface area (Å²) in [4.78, 5) is 4.25. The maximum absolute atomic E-state index is 6.01. The Labute approximate surface area is 75.8 Å². The van der Waals surface area contributed by atoms with Crippen molar-refractivity contribution in [3.05, 3.63) is 35.4 Å². The smallest absolute Gasteiger partial charge is 0.114 e. The number of pyridine rings is 1. The summed E-state index contributed by atoms with van der Waals surface area (Å²) in [5, 5.41) is 0.724. The van der Waals surface area contributed by atoms with Gasteiger partial charge in [-0.2, -0.15) is 0 Å². The first kappa shape index (κ1) is 7.62. The van der Waals surface area contributed by atoms with Gasteiger partial charge in [0, 0.05) is 6.42 Å². The van der Waals surface area contributed by atoms with Crippen molar-refractivity contribution in [1.29, 1.82) is 0 Å². The van der Waals surface area contributed by atoms with Gasteiger partial charge < -0.3 is 0 Å². The zero-order chi connectivity index (χ0) is 8.55. The lowest BCUT2D eigenvalue weighted by molar-refractivity contribution is 0.934. The Balaban J connectivity index is 2.83. The Hall–Kier alpha value is -1.02. The summed E-state index contributed by atoms with van der Waals surface area (Å²) in [6.45, 7) is 2.07. The zero-order valence-corrected chi connectivity index (χ0v) is 7.54. The lowest BCUT2D eigenvalue weighted by Gasteiger charge is -1.99. The van der Waals surface area contributed by atoms with E-state index in [2.05, 4.69) is 11.9 Å². The first-order chi connectivity index (χ1) is 5.83. The van der Waals surface area contributed by atoms with Crippen LogP contribution >= 0.6 is 11.6 Å². The molecule has 2 aromatic heterocycles. The average Bonchev–Trinajstić information content (AvgIpc) is 2.49. The number of rotatable bonds is 1. The van der Waals surface area contributed by atoms with E-state index in [-0.39, 0.29) is 0 Å². The average molecular weight is 181 g/mol. The molecule has 0 fully saturated rings. The van der Waals surface area contributed by atoms with Crippen LogP contribution in [0.4, 0.5) is 0 Å². The molecule has 0 amide bonds. The van der Waals surface area contributed by atoms with Gasteiger partial charge in [0.15, 0.2) is 0 Å². The molecule has 3 heteroatoms. The Morgan fingerprint density at radius 1 is 1.50 bits per heavy atom. The molecule has 0 aliphatic heterocycles. The second kappa shape index (κ2) is 2.79. The molecule has 0 N–H and O–H groups in total. The molecule has 0 atom stereocenters. The summed E-state index contributed by atoms with van der Waals surface area (Å²) in [5.41, 5.74) is 1.05. The van der Waals surface area contributed by atoms with E-state index in [1.807, 2.05) is 28.8 Å². The summed E-state index contributed by atoms with van der Waals surface area (Å²) >= 11 is 6.01. The molecule has 12 heavy (non-hydrogen) atoms. The number of hydrogen-bond acceptors (Lipinski definition) is 1. The standard InChI is InChI=1S/C9H9ClN2/c1-2-9-11-6-7-4-3-5-8(10)12(7)9/h3-6H,2H2,1H3. The number of hydrogen-bond donors (Lipinski definition) is 0. The Morgan fingerprint density at radius 3 is 3.08 bits per heavy atom. The van der Waals surface area contributed by atoms with Crippen LogP contribution in [0.15, 0.2) is 24.4 Å². The summed E-state index contributed by atoms with van der Waals surface area (Å²) in [6.07, 6.45) is 2.74. The molecule has 0 bridgehead atoms. The van der Waals surface area contributed by atoms with E-state index in [1.54, 1.807) is 0 Å². The van der Waals surface area contributed by atoms with Crippen LogP contribution in [-0.2, 0) is 6.42 Å². The lowest BCUT2D eigenvalue weighted by Crippen LogP contribution is -1.92. The fourth-order valence-electron chi connectivity index (χ4n) is 1.32. The maximum atomic E-state index is 6.01. The Kier molecular flexibility index (Phi) is 1.77. The fourth-order valence-corrected chi connectivity index (χ4v) is 1.59. The normalized spacial score (nSPS) is 10.8. The quantitative estimate of drug-likeness (QED) is 0.617. The van der Waals surface area contributed by atoms with Crippen molar-refractivity contribution in [2.45, 2.75) is 13.3 Å². The van der Waals surface area contributed by atoms with Crippen LogP contribution in [0.1, 0.15) is 12.7 Å². The van der Waals surface area contributed by atoms with Gasteiger partial charge >= 0.3 is 0 Å². The van der Waals surface area contributed by atoms with Gasteiger partial charge in [-0.25, -0.2) is 4.98 Å². The van der Waals surface area contributed by atoms with Gasteiger partial charge in [-0.3, -0.25) is 4.40 Å². The highest BCUT2D eigenvalue weighted by molar-refractivity contribution is 6.29. The van der Waals surface area contributed by atoms with Crippen molar-refractivity contribution in [2.24, 2.45) is 0 Å². The highest BCUT2D eigenvalue weighted by atomic mass is 35.5. The molecule has 0 aromatic carbocycles. The molecule has 2 nitrogen and oxygen atoms in total. The first-order valence-corrected chi connectivity index (χ1v) is 4.31. The molecule has 0 saturated carbocycles. The molecule has 0 unspecified atom stereocenters. The lowest BCUT2D eigenvalue weighted by atomic mass is 10.4. The highest BCUT2D eigenvalue weighted by Gasteiger charge is 2.02. The second-order valence-electron chi connectivity index (χ2n) is 2.64. The van der Waals surface area contributed by atoms with Gasteiger partial charge in [-0.1, -0.05) is 24.6 Å². The van der Waals surface area contributed by atoms with E-state index in [0.29, 0.717) is 0 Å². The third-order valence-electron chi connectivity index (χ3n) is 1.89. The van der Waals surface area contributed by atoms with Gasteiger partial charge in [-0.05, 0) is 12.1 Å². The maximum Gasteiger partial charge on any atom is 0.114 e. The minimum Gasteiger partial charge on any atom is -0.287 e. The predicted octanol–water partition coefficient (Wildman–Crippen LogP) is 2.55. The molecular formula is C9H9ClN2. The summed E-state index contributed by atoms with van der Waals surface area (Å²) < 4.78 is 1.96. The van der Waals surface area contributed by atoms with Gasteiger partial charge in [0.1, 0.15) is 11.0 Å². The Bertz CT molecular complexity index is 406. The van der Waals surface area contributed by atoms with Crippen LogP contribution in [0.5, 0.6) is 0 Å². The number of aromatic nitrogens is 2. The third kappa shape index (κ3) is 0.994. The van der Waals surface area contributed by atoms with Crippen molar-refractivity contribution in [3.63, 3.8) is 0 Å². The molecule has 2 heterocycles. The minimum atomic E-state index is 0.724. The van der Waals surface area contributed by atoms with E-state index >= 15 is 0 Å². The predicted molar refractivity (Wildman–Crippen MR) is 49.6 cm³/mol. The number of imidazole rings is 1. The third-order valence-corrected chi connectivity index (χ3v) is 2.19. The van der Waals surface area contributed by atoms with Crippen molar-refractivity contribution >= 4 is 17.1 Å². The summed E-state index contributed by atoms with van der Waals surface area (Å²) in [6, 6.07) is 5.80.